The Kier molecular flexibility index (Phi) is 2.56. The minimum Gasteiger partial charge on any atom is -0.406 e. The van der Waals surface area contributed by atoms with Crippen molar-refractivity contribution in [2.45, 2.75) is 6.92 Å². The number of carbonyl (C=O) groups excluding carboxylic acids is 1. The molecular formula is C11H8ClNO2. The molecule has 0 aliphatic carbocycles. The Balaban J connectivity index is 2.56. The standard InChI is InChI=1S/C11H8ClNO2/c1-7(14)15-11-9(12)6-8-4-2-3-5-10(8)13-11/h2-6H,1H3. The summed E-state index contributed by atoms with van der Waals surface area (Å²) in [6, 6.07) is 9.21. The molecule has 2 rings (SSSR count). The normalized spacial score (nSPS) is 10.3. The predicted octanol–water partition coefficient (Wildman–Crippen LogP) is 2.81. The molecule has 76 valence electrons. The van der Waals surface area contributed by atoms with Gasteiger partial charge in [-0.25, -0.2) is 4.98 Å². The van der Waals surface area contributed by atoms with E-state index in [0.29, 0.717) is 5.02 Å². The number of para-hydroxylation sites is 1. The molecule has 1 heterocycles. The van der Waals surface area contributed by atoms with E-state index in [1.165, 1.54) is 6.92 Å². The van der Waals surface area contributed by atoms with Gasteiger partial charge in [0.1, 0.15) is 5.02 Å². The average molecular weight is 222 g/mol. The number of pyridine rings is 1. The highest BCUT2D eigenvalue weighted by atomic mass is 35.5. The highest BCUT2D eigenvalue weighted by Gasteiger charge is 2.07. The summed E-state index contributed by atoms with van der Waals surface area (Å²) >= 11 is 5.91. The summed E-state index contributed by atoms with van der Waals surface area (Å²) in [6.45, 7) is 1.31. The van der Waals surface area contributed by atoms with E-state index in [4.69, 9.17) is 16.3 Å². The van der Waals surface area contributed by atoms with E-state index in [-0.39, 0.29) is 5.88 Å². The Morgan fingerprint density at radius 3 is 2.87 bits per heavy atom. The lowest BCUT2D eigenvalue weighted by Gasteiger charge is -2.04. The lowest BCUT2D eigenvalue weighted by Crippen LogP contribution is -2.03. The Bertz CT molecular complexity index is 525. The first kappa shape index (κ1) is 9.93. The monoisotopic (exact) mass is 221 g/mol. The van der Waals surface area contributed by atoms with Gasteiger partial charge in [-0.3, -0.25) is 4.79 Å². The molecule has 0 aliphatic heterocycles. The van der Waals surface area contributed by atoms with Crippen molar-refractivity contribution in [3.63, 3.8) is 0 Å². The van der Waals surface area contributed by atoms with Crippen LogP contribution in [0.15, 0.2) is 30.3 Å². The topological polar surface area (TPSA) is 39.2 Å². The molecule has 3 nitrogen and oxygen atoms in total. The van der Waals surface area contributed by atoms with Crippen LogP contribution in [-0.4, -0.2) is 11.0 Å². The van der Waals surface area contributed by atoms with E-state index < -0.39 is 5.97 Å². The van der Waals surface area contributed by atoms with E-state index in [2.05, 4.69) is 4.98 Å². The van der Waals surface area contributed by atoms with Crippen molar-refractivity contribution in [3.05, 3.63) is 35.4 Å². The molecule has 2 aromatic rings. The van der Waals surface area contributed by atoms with Crippen LogP contribution in [-0.2, 0) is 4.79 Å². The third kappa shape index (κ3) is 2.07. The second-order valence-corrected chi connectivity index (χ2v) is 3.47. The molecular weight excluding hydrogens is 214 g/mol. The fourth-order valence-corrected chi connectivity index (χ4v) is 1.48. The Morgan fingerprint density at radius 2 is 2.13 bits per heavy atom. The van der Waals surface area contributed by atoms with E-state index in [0.717, 1.165) is 10.9 Å². The summed E-state index contributed by atoms with van der Waals surface area (Å²) in [6.07, 6.45) is 0. The van der Waals surface area contributed by atoms with Crippen LogP contribution in [0.1, 0.15) is 6.92 Å². The number of halogens is 1. The molecule has 0 spiro atoms. The number of hydrogen-bond acceptors (Lipinski definition) is 3. The van der Waals surface area contributed by atoms with Gasteiger partial charge in [-0.1, -0.05) is 29.8 Å². The molecule has 0 atom stereocenters. The summed E-state index contributed by atoms with van der Waals surface area (Å²) in [5.41, 5.74) is 0.748. The zero-order valence-corrected chi connectivity index (χ0v) is 8.78. The second-order valence-electron chi connectivity index (χ2n) is 3.06. The van der Waals surface area contributed by atoms with Gasteiger partial charge in [0, 0.05) is 12.3 Å². The smallest absolute Gasteiger partial charge is 0.309 e. The number of rotatable bonds is 1. The number of ether oxygens (including phenoxy) is 1. The van der Waals surface area contributed by atoms with Crippen LogP contribution in [0.2, 0.25) is 5.02 Å². The fraction of sp³-hybridized carbons (Fsp3) is 0.0909. The molecule has 4 heteroatoms. The van der Waals surface area contributed by atoms with Gasteiger partial charge in [0.25, 0.3) is 0 Å². The van der Waals surface area contributed by atoms with Crippen LogP contribution in [0.25, 0.3) is 10.9 Å². The van der Waals surface area contributed by atoms with Gasteiger partial charge in [0.2, 0.25) is 5.88 Å². The number of carbonyl (C=O) groups is 1. The van der Waals surface area contributed by atoms with Crippen molar-refractivity contribution in [2.75, 3.05) is 0 Å². The second kappa shape index (κ2) is 3.87. The average Bonchev–Trinajstić information content (AvgIpc) is 2.18. The molecule has 0 aliphatic rings. The maximum atomic E-state index is 10.8. The number of aromatic nitrogens is 1. The van der Waals surface area contributed by atoms with Crippen LogP contribution in [0, 0.1) is 0 Å². The maximum absolute atomic E-state index is 10.8. The molecule has 0 amide bonds. The van der Waals surface area contributed by atoms with Crippen LogP contribution < -0.4 is 4.74 Å². The number of nitrogens with zero attached hydrogens (tertiary/aromatic N) is 1. The minimum absolute atomic E-state index is 0.155. The SMILES string of the molecule is CC(=O)Oc1nc2ccccc2cc1Cl. The van der Waals surface area contributed by atoms with E-state index in [1.54, 1.807) is 6.07 Å². The first-order valence-corrected chi connectivity index (χ1v) is 4.78. The van der Waals surface area contributed by atoms with Crippen molar-refractivity contribution in [3.8, 4) is 5.88 Å². The van der Waals surface area contributed by atoms with E-state index >= 15 is 0 Å². The van der Waals surface area contributed by atoms with Crippen LogP contribution >= 0.6 is 11.6 Å². The van der Waals surface area contributed by atoms with E-state index in [9.17, 15) is 4.79 Å². The molecule has 1 aromatic heterocycles. The molecule has 0 N–H and O–H groups in total. The highest BCUT2D eigenvalue weighted by molar-refractivity contribution is 6.32. The Hall–Kier alpha value is -1.61. The van der Waals surface area contributed by atoms with Gasteiger partial charge >= 0.3 is 5.97 Å². The molecule has 0 radical (unpaired) electrons. The van der Waals surface area contributed by atoms with Crippen LogP contribution in [0.5, 0.6) is 5.88 Å². The molecule has 0 bridgehead atoms. The third-order valence-corrected chi connectivity index (χ3v) is 2.16. The van der Waals surface area contributed by atoms with Gasteiger partial charge in [-0.2, -0.15) is 0 Å². The zero-order chi connectivity index (χ0) is 10.8. The molecule has 0 saturated carbocycles. The van der Waals surface area contributed by atoms with Gasteiger partial charge in [0.05, 0.1) is 5.52 Å². The fourth-order valence-electron chi connectivity index (χ4n) is 1.28. The lowest BCUT2D eigenvalue weighted by atomic mass is 10.2. The number of esters is 1. The summed E-state index contributed by atoms with van der Waals surface area (Å²) in [4.78, 5) is 14.9. The van der Waals surface area contributed by atoms with Crippen LogP contribution in [0.4, 0.5) is 0 Å². The van der Waals surface area contributed by atoms with Crippen molar-refractivity contribution >= 4 is 28.5 Å². The summed E-state index contributed by atoms with van der Waals surface area (Å²) in [7, 11) is 0. The van der Waals surface area contributed by atoms with Gasteiger partial charge < -0.3 is 4.74 Å². The predicted molar refractivity (Wildman–Crippen MR) is 58.1 cm³/mol. The lowest BCUT2D eigenvalue weighted by molar-refractivity contribution is -0.132. The van der Waals surface area contributed by atoms with Gasteiger partial charge in [0.15, 0.2) is 0 Å². The molecule has 0 saturated heterocycles. The summed E-state index contributed by atoms with van der Waals surface area (Å²) in [5.74, 6) is -0.275. The Morgan fingerprint density at radius 1 is 1.40 bits per heavy atom. The number of benzene rings is 1. The number of fused-ring (bicyclic) bond motifs is 1. The van der Waals surface area contributed by atoms with Crippen LogP contribution in [0.3, 0.4) is 0 Å². The zero-order valence-electron chi connectivity index (χ0n) is 8.03. The maximum Gasteiger partial charge on any atom is 0.309 e. The third-order valence-electron chi connectivity index (χ3n) is 1.89. The van der Waals surface area contributed by atoms with Gasteiger partial charge in [-0.05, 0) is 12.1 Å². The molecule has 0 unspecified atom stereocenters. The summed E-state index contributed by atoms with van der Waals surface area (Å²) < 4.78 is 4.87. The molecule has 0 fully saturated rings. The van der Waals surface area contributed by atoms with Crippen molar-refractivity contribution < 1.29 is 9.53 Å². The van der Waals surface area contributed by atoms with Gasteiger partial charge in [-0.15, -0.1) is 0 Å². The van der Waals surface area contributed by atoms with Crippen molar-refractivity contribution in [1.82, 2.24) is 4.98 Å². The Labute approximate surface area is 91.6 Å². The van der Waals surface area contributed by atoms with E-state index in [1.807, 2.05) is 24.3 Å². The highest BCUT2D eigenvalue weighted by Crippen LogP contribution is 2.26. The first-order valence-electron chi connectivity index (χ1n) is 4.40. The molecule has 15 heavy (non-hydrogen) atoms. The minimum atomic E-state index is -0.431. The quantitative estimate of drug-likeness (QED) is 0.695. The van der Waals surface area contributed by atoms with Crippen molar-refractivity contribution in [2.24, 2.45) is 0 Å². The summed E-state index contributed by atoms with van der Waals surface area (Å²) in [5, 5.41) is 1.25. The first-order chi connectivity index (χ1) is 7.16. The molecule has 1 aromatic carbocycles. The largest absolute Gasteiger partial charge is 0.406 e. The van der Waals surface area contributed by atoms with Crippen molar-refractivity contribution in [1.29, 1.82) is 0 Å². The number of hydrogen-bond donors (Lipinski definition) is 0.